The minimum Gasteiger partial charge on any atom is -0.387 e. The van der Waals surface area contributed by atoms with Crippen LogP contribution in [-0.4, -0.2) is 11.7 Å². The van der Waals surface area contributed by atoms with E-state index in [1.165, 1.54) is 6.07 Å². The highest BCUT2D eigenvalue weighted by Crippen LogP contribution is 2.13. The molecule has 1 unspecified atom stereocenters. The zero-order chi connectivity index (χ0) is 13.7. The first kappa shape index (κ1) is 13.7. The third-order valence-electron chi connectivity index (χ3n) is 3.04. The summed E-state index contributed by atoms with van der Waals surface area (Å²) in [5.74, 6) is -0.222. The quantitative estimate of drug-likeness (QED) is 0.865. The van der Waals surface area contributed by atoms with Crippen LogP contribution in [0.3, 0.4) is 0 Å². The summed E-state index contributed by atoms with van der Waals surface area (Å²) < 4.78 is 13.4. The Bertz CT molecular complexity index is 542. The standard InChI is InChI=1S/C16H18FNO/c1-12-5-4-7-13(9-12)16(19)11-18-10-14-6-2-3-8-15(14)17/h2-9,16,18-19H,10-11H2,1H3. The summed E-state index contributed by atoms with van der Waals surface area (Å²) in [6.45, 7) is 2.80. The van der Waals surface area contributed by atoms with E-state index in [4.69, 9.17) is 0 Å². The zero-order valence-electron chi connectivity index (χ0n) is 10.9. The predicted molar refractivity (Wildman–Crippen MR) is 74.2 cm³/mol. The van der Waals surface area contributed by atoms with Gasteiger partial charge >= 0.3 is 0 Å². The van der Waals surface area contributed by atoms with Gasteiger partial charge in [-0.15, -0.1) is 0 Å². The van der Waals surface area contributed by atoms with E-state index in [-0.39, 0.29) is 5.82 Å². The van der Waals surface area contributed by atoms with Crippen molar-refractivity contribution in [3.8, 4) is 0 Å². The third kappa shape index (κ3) is 3.88. The van der Waals surface area contributed by atoms with Crippen LogP contribution in [0, 0.1) is 12.7 Å². The number of aryl methyl sites for hydroxylation is 1. The molecule has 0 heterocycles. The molecule has 1 atom stereocenters. The van der Waals surface area contributed by atoms with Crippen LogP contribution in [0.1, 0.15) is 22.8 Å². The van der Waals surface area contributed by atoms with Gasteiger partial charge < -0.3 is 10.4 Å². The Kier molecular flexibility index (Phi) is 4.66. The van der Waals surface area contributed by atoms with Crippen LogP contribution in [0.25, 0.3) is 0 Å². The number of hydrogen-bond acceptors (Lipinski definition) is 2. The van der Waals surface area contributed by atoms with E-state index >= 15 is 0 Å². The lowest BCUT2D eigenvalue weighted by Gasteiger charge is -2.13. The first-order chi connectivity index (χ1) is 9.16. The Balaban J connectivity index is 1.88. The maximum Gasteiger partial charge on any atom is 0.127 e. The minimum absolute atomic E-state index is 0.222. The molecule has 2 aromatic carbocycles. The molecule has 0 aliphatic heterocycles. The van der Waals surface area contributed by atoms with Crippen molar-refractivity contribution >= 4 is 0 Å². The number of rotatable bonds is 5. The monoisotopic (exact) mass is 259 g/mol. The Morgan fingerprint density at radius 2 is 1.95 bits per heavy atom. The average molecular weight is 259 g/mol. The fourth-order valence-corrected chi connectivity index (χ4v) is 1.98. The Labute approximate surface area is 112 Å². The van der Waals surface area contributed by atoms with Crippen LogP contribution >= 0.6 is 0 Å². The van der Waals surface area contributed by atoms with Crippen molar-refractivity contribution in [2.75, 3.05) is 6.54 Å². The Morgan fingerprint density at radius 3 is 2.68 bits per heavy atom. The molecule has 0 aromatic heterocycles. The molecule has 100 valence electrons. The van der Waals surface area contributed by atoms with Gasteiger partial charge in [-0.3, -0.25) is 0 Å². The zero-order valence-corrected chi connectivity index (χ0v) is 10.9. The number of benzene rings is 2. The summed E-state index contributed by atoms with van der Waals surface area (Å²) in [5, 5.41) is 13.1. The van der Waals surface area contributed by atoms with E-state index in [2.05, 4.69) is 5.32 Å². The SMILES string of the molecule is Cc1cccc(C(O)CNCc2ccccc2F)c1. The van der Waals surface area contributed by atoms with Crippen LogP contribution in [0.5, 0.6) is 0 Å². The summed E-state index contributed by atoms with van der Waals surface area (Å²) in [7, 11) is 0. The molecule has 2 rings (SSSR count). The molecule has 0 saturated heterocycles. The molecule has 0 radical (unpaired) electrons. The van der Waals surface area contributed by atoms with Gasteiger partial charge in [-0.05, 0) is 18.6 Å². The fraction of sp³-hybridized carbons (Fsp3) is 0.250. The van der Waals surface area contributed by atoms with E-state index in [1.807, 2.05) is 31.2 Å². The molecule has 2 nitrogen and oxygen atoms in total. The minimum atomic E-state index is -0.577. The van der Waals surface area contributed by atoms with E-state index in [0.717, 1.165) is 11.1 Å². The molecular formula is C16H18FNO. The van der Waals surface area contributed by atoms with Crippen LogP contribution in [0.15, 0.2) is 48.5 Å². The van der Waals surface area contributed by atoms with E-state index < -0.39 is 6.10 Å². The van der Waals surface area contributed by atoms with Crippen molar-refractivity contribution < 1.29 is 9.50 Å². The summed E-state index contributed by atoms with van der Waals surface area (Å²) in [6, 6.07) is 14.4. The summed E-state index contributed by atoms with van der Waals surface area (Å²) in [6.07, 6.45) is -0.577. The third-order valence-corrected chi connectivity index (χ3v) is 3.04. The lowest BCUT2D eigenvalue weighted by atomic mass is 10.1. The van der Waals surface area contributed by atoms with Crippen molar-refractivity contribution in [2.45, 2.75) is 19.6 Å². The normalized spacial score (nSPS) is 12.4. The summed E-state index contributed by atoms with van der Waals surface area (Å²) in [4.78, 5) is 0. The number of nitrogens with one attached hydrogen (secondary N) is 1. The highest BCUT2D eigenvalue weighted by Gasteiger charge is 2.07. The lowest BCUT2D eigenvalue weighted by molar-refractivity contribution is 0.174. The van der Waals surface area contributed by atoms with Crippen LogP contribution < -0.4 is 5.32 Å². The lowest BCUT2D eigenvalue weighted by Crippen LogP contribution is -2.21. The van der Waals surface area contributed by atoms with E-state index in [0.29, 0.717) is 18.7 Å². The second-order valence-corrected chi connectivity index (χ2v) is 4.65. The molecule has 0 aliphatic rings. The number of aliphatic hydroxyl groups excluding tert-OH is 1. The largest absolute Gasteiger partial charge is 0.387 e. The number of hydrogen-bond donors (Lipinski definition) is 2. The Morgan fingerprint density at radius 1 is 1.16 bits per heavy atom. The van der Waals surface area contributed by atoms with Gasteiger partial charge in [0.05, 0.1) is 6.10 Å². The van der Waals surface area contributed by atoms with Gasteiger partial charge in [-0.25, -0.2) is 4.39 Å². The first-order valence-electron chi connectivity index (χ1n) is 6.35. The van der Waals surface area contributed by atoms with Crippen molar-refractivity contribution in [2.24, 2.45) is 0 Å². The smallest absolute Gasteiger partial charge is 0.127 e. The van der Waals surface area contributed by atoms with Gasteiger partial charge in [-0.1, -0.05) is 48.0 Å². The molecule has 3 heteroatoms. The highest BCUT2D eigenvalue weighted by atomic mass is 19.1. The van der Waals surface area contributed by atoms with Crippen molar-refractivity contribution in [1.29, 1.82) is 0 Å². The molecule has 0 bridgehead atoms. The molecule has 19 heavy (non-hydrogen) atoms. The van der Waals surface area contributed by atoms with E-state index in [1.54, 1.807) is 18.2 Å². The van der Waals surface area contributed by atoms with Crippen molar-refractivity contribution in [3.63, 3.8) is 0 Å². The van der Waals surface area contributed by atoms with E-state index in [9.17, 15) is 9.50 Å². The average Bonchev–Trinajstić information content (AvgIpc) is 2.41. The van der Waals surface area contributed by atoms with Gasteiger partial charge in [0.15, 0.2) is 0 Å². The van der Waals surface area contributed by atoms with Gasteiger partial charge in [0.1, 0.15) is 5.82 Å². The molecule has 0 spiro atoms. The topological polar surface area (TPSA) is 32.3 Å². The molecule has 2 aromatic rings. The molecule has 0 saturated carbocycles. The number of halogens is 1. The maximum atomic E-state index is 13.4. The van der Waals surface area contributed by atoms with Gasteiger partial charge in [0, 0.05) is 18.7 Å². The van der Waals surface area contributed by atoms with Crippen molar-refractivity contribution in [3.05, 3.63) is 71.0 Å². The molecular weight excluding hydrogens is 241 g/mol. The molecule has 2 N–H and O–H groups in total. The van der Waals surface area contributed by atoms with Gasteiger partial charge in [0.25, 0.3) is 0 Å². The van der Waals surface area contributed by atoms with Crippen molar-refractivity contribution in [1.82, 2.24) is 5.32 Å². The first-order valence-corrected chi connectivity index (χ1v) is 6.35. The number of aliphatic hydroxyl groups is 1. The summed E-state index contributed by atoms with van der Waals surface area (Å²) in [5.41, 5.74) is 2.60. The van der Waals surface area contributed by atoms with Crippen LogP contribution in [0.4, 0.5) is 4.39 Å². The second-order valence-electron chi connectivity index (χ2n) is 4.65. The second kappa shape index (κ2) is 6.45. The fourth-order valence-electron chi connectivity index (χ4n) is 1.98. The molecule has 0 aliphatic carbocycles. The Hall–Kier alpha value is -1.71. The highest BCUT2D eigenvalue weighted by molar-refractivity contribution is 5.24. The molecule has 0 fully saturated rings. The maximum absolute atomic E-state index is 13.4. The summed E-state index contributed by atoms with van der Waals surface area (Å²) >= 11 is 0. The molecule has 0 amide bonds. The van der Waals surface area contributed by atoms with Crippen LogP contribution in [0.2, 0.25) is 0 Å². The van der Waals surface area contributed by atoms with Crippen LogP contribution in [-0.2, 0) is 6.54 Å². The predicted octanol–water partition coefficient (Wildman–Crippen LogP) is 2.96. The van der Waals surface area contributed by atoms with Gasteiger partial charge in [0.2, 0.25) is 0 Å². The van der Waals surface area contributed by atoms with Gasteiger partial charge in [-0.2, -0.15) is 0 Å².